The normalized spacial score (nSPS) is 16.5. The van der Waals surface area contributed by atoms with Gasteiger partial charge < -0.3 is 5.11 Å². The smallest absolute Gasteiger partial charge is 0.395 e. The van der Waals surface area contributed by atoms with E-state index in [0.717, 1.165) is 35.3 Å². The van der Waals surface area contributed by atoms with Gasteiger partial charge in [0.1, 0.15) is 0 Å². The Kier molecular flexibility index (Phi) is 5.60. The molecule has 0 spiro atoms. The summed E-state index contributed by atoms with van der Waals surface area (Å²) in [5.41, 5.74) is -0.555. The first-order valence-corrected chi connectivity index (χ1v) is 10.0. The van der Waals surface area contributed by atoms with Crippen molar-refractivity contribution in [3.05, 3.63) is 65.7 Å². The van der Waals surface area contributed by atoms with Gasteiger partial charge in [-0.3, -0.25) is 0 Å². The zero-order valence-corrected chi connectivity index (χ0v) is 15.2. The van der Waals surface area contributed by atoms with Crippen LogP contribution in [-0.2, 0) is 22.7 Å². The second-order valence-corrected chi connectivity index (χ2v) is 8.48. The third-order valence-electron chi connectivity index (χ3n) is 4.68. The molecule has 1 atom stereocenters. The van der Waals surface area contributed by atoms with E-state index < -0.39 is 39.3 Å². The molecule has 1 aliphatic rings. The van der Waals surface area contributed by atoms with E-state index in [-0.39, 0.29) is 12.5 Å². The highest BCUT2D eigenvalue weighted by molar-refractivity contribution is 7.89. The van der Waals surface area contributed by atoms with E-state index in [0.29, 0.717) is 5.56 Å². The summed E-state index contributed by atoms with van der Waals surface area (Å²) in [4.78, 5) is -0.785. The maximum absolute atomic E-state index is 13.4. The molecule has 2 aromatic rings. The van der Waals surface area contributed by atoms with E-state index in [1.807, 2.05) is 0 Å². The van der Waals surface area contributed by atoms with Gasteiger partial charge in [-0.2, -0.15) is 17.5 Å². The van der Waals surface area contributed by atoms with Gasteiger partial charge in [-0.15, -0.1) is 0 Å². The first-order valence-electron chi connectivity index (χ1n) is 8.58. The number of nitrogens with zero attached hydrogens (tertiary/aromatic N) is 1. The van der Waals surface area contributed by atoms with Crippen LogP contribution in [0.1, 0.15) is 24.0 Å². The lowest BCUT2D eigenvalue weighted by atomic mass is 10.1. The number of hydrogen-bond donors (Lipinski definition) is 1. The fourth-order valence-corrected chi connectivity index (χ4v) is 5.03. The molecule has 146 valence electrons. The van der Waals surface area contributed by atoms with Crippen molar-refractivity contribution in [2.75, 3.05) is 6.61 Å². The third kappa shape index (κ3) is 4.34. The first kappa shape index (κ1) is 19.9. The van der Waals surface area contributed by atoms with Crippen molar-refractivity contribution in [1.29, 1.82) is 0 Å². The van der Waals surface area contributed by atoms with Crippen molar-refractivity contribution in [3.8, 4) is 0 Å². The van der Waals surface area contributed by atoms with Gasteiger partial charge in [0.2, 0.25) is 10.0 Å². The third-order valence-corrected chi connectivity index (χ3v) is 6.61. The Labute approximate surface area is 156 Å². The zero-order valence-electron chi connectivity index (χ0n) is 14.4. The molecule has 0 aliphatic heterocycles. The average molecular weight is 399 g/mol. The van der Waals surface area contributed by atoms with E-state index >= 15 is 0 Å². The minimum atomic E-state index is -4.80. The summed E-state index contributed by atoms with van der Waals surface area (Å²) in [7, 11) is -4.48. The molecule has 0 radical (unpaired) electrons. The van der Waals surface area contributed by atoms with Gasteiger partial charge in [0.05, 0.1) is 23.1 Å². The van der Waals surface area contributed by atoms with Gasteiger partial charge in [0, 0.05) is 6.54 Å². The fourth-order valence-electron chi connectivity index (χ4n) is 3.15. The molecule has 0 amide bonds. The standard InChI is InChI=1S/C19H20F3NO3S/c20-19(21,22)16-8-4-5-9-18(16)27(25,26)23(17(13-24)15-10-11-15)12-14-6-2-1-3-7-14/h1-9,15,17,24H,10-13H2. The number of aliphatic hydroxyl groups is 1. The van der Waals surface area contributed by atoms with Gasteiger partial charge in [0.25, 0.3) is 0 Å². The van der Waals surface area contributed by atoms with Gasteiger partial charge >= 0.3 is 6.18 Å². The Balaban J connectivity index is 2.08. The molecule has 0 aromatic heterocycles. The predicted octanol–water partition coefficient (Wildman–Crippen LogP) is 3.67. The summed E-state index contributed by atoms with van der Waals surface area (Å²) in [5, 5.41) is 9.80. The Morgan fingerprint density at radius 3 is 2.19 bits per heavy atom. The first-order chi connectivity index (χ1) is 12.7. The lowest BCUT2D eigenvalue weighted by Crippen LogP contribution is -2.43. The fraction of sp³-hybridized carbons (Fsp3) is 0.368. The quantitative estimate of drug-likeness (QED) is 0.773. The van der Waals surface area contributed by atoms with Crippen molar-refractivity contribution in [1.82, 2.24) is 4.31 Å². The Hall–Kier alpha value is -1.90. The molecular weight excluding hydrogens is 379 g/mol. The van der Waals surface area contributed by atoms with Crippen molar-refractivity contribution < 1.29 is 26.7 Å². The van der Waals surface area contributed by atoms with Crippen LogP contribution in [0.15, 0.2) is 59.5 Å². The van der Waals surface area contributed by atoms with Gasteiger partial charge in [0.15, 0.2) is 0 Å². The predicted molar refractivity (Wildman–Crippen MR) is 94.2 cm³/mol. The number of benzene rings is 2. The van der Waals surface area contributed by atoms with Crippen LogP contribution in [0.4, 0.5) is 13.2 Å². The van der Waals surface area contributed by atoms with Gasteiger partial charge in [-0.25, -0.2) is 8.42 Å². The van der Waals surface area contributed by atoms with E-state index in [4.69, 9.17) is 0 Å². The van der Waals surface area contributed by atoms with Crippen LogP contribution in [0.3, 0.4) is 0 Å². The van der Waals surface area contributed by atoms with Crippen LogP contribution in [-0.4, -0.2) is 30.5 Å². The van der Waals surface area contributed by atoms with E-state index in [9.17, 15) is 26.7 Å². The topological polar surface area (TPSA) is 57.6 Å². The summed E-state index contributed by atoms with van der Waals surface area (Å²) < 4.78 is 67.7. The number of hydrogen-bond acceptors (Lipinski definition) is 3. The molecule has 1 unspecified atom stereocenters. The molecule has 1 fully saturated rings. The van der Waals surface area contributed by atoms with E-state index in [1.54, 1.807) is 30.3 Å². The summed E-state index contributed by atoms with van der Waals surface area (Å²) in [6, 6.07) is 12.1. The van der Waals surface area contributed by atoms with Gasteiger partial charge in [-0.05, 0) is 36.5 Å². The molecule has 1 saturated carbocycles. The number of aliphatic hydroxyl groups excluding tert-OH is 1. The SMILES string of the molecule is O=S(=O)(c1ccccc1C(F)(F)F)N(Cc1ccccc1)C(CO)C1CC1. The molecule has 1 N–H and O–H groups in total. The van der Waals surface area contributed by atoms with E-state index in [2.05, 4.69) is 0 Å². The number of halogens is 3. The summed E-state index contributed by atoms with van der Waals surface area (Å²) in [6.07, 6.45) is -3.31. The van der Waals surface area contributed by atoms with E-state index in [1.165, 1.54) is 6.07 Å². The number of rotatable bonds is 7. The van der Waals surface area contributed by atoms with Crippen LogP contribution < -0.4 is 0 Å². The van der Waals surface area contributed by atoms with Crippen molar-refractivity contribution in [2.45, 2.75) is 36.5 Å². The molecule has 27 heavy (non-hydrogen) atoms. The van der Waals surface area contributed by atoms with Crippen molar-refractivity contribution in [3.63, 3.8) is 0 Å². The molecule has 0 saturated heterocycles. The second kappa shape index (κ2) is 7.61. The number of alkyl halides is 3. The lowest BCUT2D eigenvalue weighted by Gasteiger charge is -2.31. The summed E-state index contributed by atoms with van der Waals surface area (Å²) >= 11 is 0. The largest absolute Gasteiger partial charge is 0.417 e. The average Bonchev–Trinajstić information content (AvgIpc) is 3.47. The summed E-state index contributed by atoms with van der Waals surface area (Å²) in [6.45, 7) is -0.540. The van der Waals surface area contributed by atoms with Crippen LogP contribution in [0.2, 0.25) is 0 Å². The van der Waals surface area contributed by atoms with Crippen molar-refractivity contribution >= 4 is 10.0 Å². The molecule has 0 bridgehead atoms. The maximum Gasteiger partial charge on any atom is 0.417 e. The molecule has 4 nitrogen and oxygen atoms in total. The minimum absolute atomic E-state index is 0.0495. The molecule has 2 aromatic carbocycles. The van der Waals surface area contributed by atoms with Crippen LogP contribution in [0, 0.1) is 5.92 Å². The second-order valence-electron chi connectivity index (χ2n) is 6.62. The Morgan fingerprint density at radius 2 is 1.63 bits per heavy atom. The highest BCUT2D eigenvalue weighted by Crippen LogP contribution is 2.40. The van der Waals surface area contributed by atoms with Gasteiger partial charge in [-0.1, -0.05) is 42.5 Å². The molecule has 8 heteroatoms. The van der Waals surface area contributed by atoms with Crippen LogP contribution in [0.5, 0.6) is 0 Å². The molecule has 1 aliphatic carbocycles. The highest BCUT2D eigenvalue weighted by Gasteiger charge is 2.44. The highest BCUT2D eigenvalue weighted by atomic mass is 32.2. The molecule has 3 rings (SSSR count). The number of sulfonamides is 1. The zero-order chi connectivity index (χ0) is 19.7. The van der Waals surface area contributed by atoms with Crippen molar-refractivity contribution in [2.24, 2.45) is 5.92 Å². The Morgan fingerprint density at radius 1 is 1.04 bits per heavy atom. The summed E-state index contributed by atoms with van der Waals surface area (Å²) in [5.74, 6) is -0.0495. The van der Waals surface area contributed by atoms with Crippen LogP contribution >= 0.6 is 0 Å². The van der Waals surface area contributed by atoms with Crippen LogP contribution in [0.25, 0.3) is 0 Å². The molecular formula is C19H20F3NO3S. The lowest BCUT2D eigenvalue weighted by molar-refractivity contribution is -0.139. The molecule has 0 heterocycles. The monoisotopic (exact) mass is 399 g/mol. The minimum Gasteiger partial charge on any atom is -0.395 e. The Bertz CT molecular complexity index is 881. The maximum atomic E-state index is 13.4.